The van der Waals surface area contributed by atoms with Crippen LogP contribution in [-0.2, 0) is 16.4 Å². The van der Waals surface area contributed by atoms with Gasteiger partial charge in [0.05, 0.1) is 28.0 Å². The highest BCUT2D eigenvalue weighted by molar-refractivity contribution is 7.90. The van der Waals surface area contributed by atoms with Gasteiger partial charge in [0, 0.05) is 30.7 Å². The molecule has 0 spiro atoms. The molecule has 0 amide bonds. The maximum Gasteiger partial charge on any atom is 0.295 e. The lowest BCUT2D eigenvalue weighted by atomic mass is 10.0. The van der Waals surface area contributed by atoms with Crippen molar-refractivity contribution in [3.05, 3.63) is 64.1 Å². The first kappa shape index (κ1) is 25.5. The maximum atomic E-state index is 13.7. The first-order valence-electron chi connectivity index (χ1n) is 13.4. The molecule has 2 aliphatic rings. The minimum Gasteiger partial charge on any atom is -0.361 e. The number of fused-ring (bicyclic) bond motifs is 1. The van der Waals surface area contributed by atoms with Crippen molar-refractivity contribution in [1.29, 1.82) is 0 Å². The molecule has 6 rings (SSSR count). The van der Waals surface area contributed by atoms with Crippen molar-refractivity contribution in [3.63, 3.8) is 0 Å². The highest BCUT2D eigenvalue weighted by Gasteiger charge is 2.35. The summed E-state index contributed by atoms with van der Waals surface area (Å²) in [7, 11) is -3.28. The molecule has 202 valence electrons. The molecule has 0 aliphatic heterocycles. The average molecular weight is 546 g/mol. The Bertz CT molecular complexity index is 1700. The molecule has 2 aliphatic carbocycles. The molecular formula is C28H31N7O3S. The molecule has 0 saturated heterocycles. The van der Waals surface area contributed by atoms with E-state index in [4.69, 9.17) is 9.97 Å². The predicted molar refractivity (Wildman–Crippen MR) is 148 cm³/mol. The third-order valence-electron chi connectivity index (χ3n) is 7.53. The van der Waals surface area contributed by atoms with Gasteiger partial charge in [0.2, 0.25) is 0 Å². The quantitative estimate of drug-likeness (QED) is 0.325. The molecule has 3 heterocycles. The molecule has 1 atom stereocenters. The molecular weight excluding hydrogens is 514 g/mol. The first-order valence-corrected chi connectivity index (χ1v) is 15.3. The lowest BCUT2D eigenvalue weighted by molar-refractivity contribution is 0.526. The van der Waals surface area contributed by atoms with Gasteiger partial charge in [-0.3, -0.25) is 9.36 Å². The summed E-state index contributed by atoms with van der Waals surface area (Å²) in [5.74, 6) is 1.57. The molecule has 10 nitrogen and oxygen atoms in total. The SMILES string of the molecule is CCC(C)n1c(=O)c(NCc2ccc(S(C)(=O)=O)cc2)nc2cnc(-c3c(C4CC4)ncnc3C3CC3)nc21. The minimum atomic E-state index is -3.28. The Kier molecular flexibility index (Phi) is 6.41. The van der Waals surface area contributed by atoms with Crippen LogP contribution in [0.4, 0.5) is 5.82 Å². The second-order valence-corrected chi connectivity index (χ2v) is 12.6. The zero-order valence-corrected chi connectivity index (χ0v) is 23.1. The van der Waals surface area contributed by atoms with Crippen LogP contribution >= 0.6 is 0 Å². The van der Waals surface area contributed by atoms with Gasteiger partial charge in [-0.2, -0.15) is 0 Å². The van der Waals surface area contributed by atoms with Crippen LogP contribution in [-0.4, -0.2) is 44.2 Å². The highest BCUT2D eigenvalue weighted by Crippen LogP contribution is 2.48. The second kappa shape index (κ2) is 9.78. The molecule has 1 aromatic carbocycles. The Morgan fingerprint density at radius 2 is 1.64 bits per heavy atom. The summed E-state index contributed by atoms with van der Waals surface area (Å²) in [4.78, 5) is 37.4. The standard InChI is InChI=1S/C28H31N7O3S/c1-4-16(2)35-27-21(33-26(28(35)36)29-13-17-5-11-20(12-6-17)39(3,37)38)14-30-25(34-27)22-23(18-7-8-18)31-15-32-24(22)19-9-10-19/h5-6,11-12,14-16,18-19H,4,7-10,13H2,1-3H3,(H,29,33). The van der Waals surface area contributed by atoms with E-state index in [-0.39, 0.29) is 22.3 Å². The lowest BCUT2D eigenvalue weighted by Gasteiger charge is -2.18. The Hall–Kier alpha value is -3.73. The topological polar surface area (TPSA) is 133 Å². The number of benzene rings is 1. The Labute approximate surface area is 226 Å². The summed E-state index contributed by atoms with van der Waals surface area (Å²) in [5, 5.41) is 3.14. The summed E-state index contributed by atoms with van der Waals surface area (Å²) in [6, 6.07) is 6.46. The van der Waals surface area contributed by atoms with Crippen molar-refractivity contribution in [2.45, 2.75) is 75.3 Å². The van der Waals surface area contributed by atoms with E-state index in [0.29, 0.717) is 35.4 Å². The van der Waals surface area contributed by atoms with Gasteiger partial charge >= 0.3 is 0 Å². The molecule has 1 unspecified atom stereocenters. The predicted octanol–water partition coefficient (Wildman–Crippen LogP) is 4.38. The molecule has 2 fully saturated rings. The van der Waals surface area contributed by atoms with Gasteiger partial charge in [0.15, 0.2) is 27.1 Å². The maximum absolute atomic E-state index is 13.7. The van der Waals surface area contributed by atoms with Gasteiger partial charge in [-0.15, -0.1) is 0 Å². The monoisotopic (exact) mass is 545 g/mol. The summed E-state index contributed by atoms with van der Waals surface area (Å²) in [6.45, 7) is 4.34. The Morgan fingerprint density at radius 3 is 2.21 bits per heavy atom. The van der Waals surface area contributed by atoms with Crippen molar-refractivity contribution in [2.75, 3.05) is 11.6 Å². The van der Waals surface area contributed by atoms with E-state index in [1.807, 2.05) is 13.8 Å². The molecule has 11 heteroatoms. The number of nitrogens with one attached hydrogen (secondary N) is 1. The minimum absolute atomic E-state index is 0.113. The van der Waals surface area contributed by atoms with Crippen LogP contribution < -0.4 is 10.9 Å². The smallest absolute Gasteiger partial charge is 0.295 e. The third kappa shape index (κ3) is 5.03. The Balaban J connectivity index is 1.40. The van der Waals surface area contributed by atoms with Crippen LogP contribution in [0.2, 0.25) is 0 Å². The number of rotatable bonds is 9. The number of hydrogen-bond acceptors (Lipinski definition) is 9. The van der Waals surface area contributed by atoms with E-state index in [0.717, 1.165) is 54.6 Å². The first-order chi connectivity index (χ1) is 18.7. The molecule has 0 radical (unpaired) electrons. The van der Waals surface area contributed by atoms with Gasteiger partial charge in [-0.1, -0.05) is 19.1 Å². The van der Waals surface area contributed by atoms with Gasteiger partial charge in [-0.25, -0.2) is 33.3 Å². The number of anilines is 1. The van der Waals surface area contributed by atoms with E-state index in [9.17, 15) is 13.2 Å². The van der Waals surface area contributed by atoms with E-state index >= 15 is 0 Å². The molecule has 39 heavy (non-hydrogen) atoms. The zero-order chi connectivity index (χ0) is 27.3. The number of sulfone groups is 1. The van der Waals surface area contributed by atoms with Crippen molar-refractivity contribution in [1.82, 2.24) is 29.5 Å². The van der Waals surface area contributed by atoms with Crippen LogP contribution in [0.5, 0.6) is 0 Å². The summed E-state index contributed by atoms with van der Waals surface area (Å²) in [5.41, 5.74) is 4.53. The third-order valence-corrected chi connectivity index (χ3v) is 8.66. The lowest BCUT2D eigenvalue weighted by Crippen LogP contribution is -2.28. The molecule has 2 saturated carbocycles. The molecule has 1 N–H and O–H groups in total. The van der Waals surface area contributed by atoms with Crippen molar-refractivity contribution >= 4 is 26.8 Å². The summed E-state index contributed by atoms with van der Waals surface area (Å²) >= 11 is 0. The van der Waals surface area contributed by atoms with E-state index < -0.39 is 9.84 Å². The molecule has 3 aromatic heterocycles. The fraction of sp³-hybridized carbons (Fsp3) is 0.429. The highest BCUT2D eigenvalue weighted by atomic mass is 32.2. The van der Waals surface area contributed by atoms with E-state index in [2.05, 4.69) is 20.3 Å². The largest absolute Gasteiger partial charge is 0.361 e. The molecule has 0 bridgehead atoms. The van der Waals surface area contributed by atoms with E-state index in [1.54, 1.807) is 41.4 Å². The van der Waals surface area contributed by atoms with Gasteiger partial charge in [0.1, 0.15) is 11.8 Å². The molecule has 4 aromatic rings. The van der Waals surface area contributed by atoms with Gasteiger partial charge < -0.3 is 5.32 Å². The van der Waals surface area contributed by atoms with Gasteiger partial charge in [0.25, 0.3) is 5.56 Å². The Morgan fingerprint density at radius 1 is 1.00 bits per heavy atom. The van der Waals surface area contributed by atoms with Crippen molar-refractivity contribution < 1.29 is 8.42 Å². The average Bonchev–Trinajstić information content (AvgIpc) is 3.84. The number of hydrogen-bond donors (Lipinski definition) is 1. The van der Waals surface area contributed by atoms with Crippen LogP contribution in [0.3, 0.4) is 0 Å². The fourth-order valence-electron chi connectivity index (χ4n) is 4.84. The van der Waals surface area contributed by atoms with Crippen LogP contribution in [0.1, 0.15) is 80.8 Å². The number of nitrogens with zero attached hydrogens (tertiary/aromatic N) is 6. The van der Waals surface area contributed by atoms with Crippen LogP contribution in [0.15, 0.2) is 46.5 Å². The van der Waals surface area contributed by atoms with Crippen molar-refractivity contribution in [3.8, 4) is 11.4 Å². The zero-order valence-electron chi connectivity index (χ0n) is 22.3. The van der Waals surface area contributed by atoms with Crippen molar-refractivity contribution in [2.24, 2.45) is 0 Å². The normalized spacial score (nSPS) is 16.4. The van der Waals surface area contributed by atoms with Crippen LogP contribution in [0, 0.1) is 0 Å². The van der Waals surface area contributed by atoms with E-state index in [1.165, 1.54) is 6.26 Å². The second-order valence-electron chi connectivity index (χ2n) is 10.6. The summed E-state index contributed by atoms with van der Waals surface area (Å²) in [6.07, 6.45) is 9.67. The van der Waals surface area contributed by atoms with Gasteiger partial charge in [-0.05, 0) is 56.7 Å². The fourth-order valence-corrected chi connectivity index (χ4v) is 5.47. The van der Waals surface area contributed by atoms with Crippen LogP contribution in [0.25, 0.3) is 22.6 Å². The summed E-state index contributed by atoms with van der Waals surface area (Å²) < 4.78 is 25.2. The number of aromatic nitrogens is 6.